The minimum atomic E-state index is -0.342. The maximum atomic E-state index is 12.5. The molecule has 0 spiro atoms. The van der Waals surface area contributed by atoms with E-state index in [1.54, 1.807) is 28.2 Å². The third-order valence-corrected chi connectivity index (χ3v) is 5.31. The molecule has 0 radical (unpaired) electrons. The minimum Gasteiger partial charge on any atom is -0.450 e. The Hall–Kier alpha value is -3.20. The molecule has 9 heteroatoms. The first-order valence-electron chi connectivity index (χ1n) is 9.73. The van der Waals surface area contributed by atoms with Crippen molar-refractivity contribution in [2.75, 3.05) is 38.1 Å². The van der Waals surface area contributed by atoms with Gasteiger partial charge in [-0.2, -0.15) is 0 Å². The Bertz CT molecular complexity index is 905. The molecule has 30 heavy (non-hydrogen) atoms. The number of nitrogens with one attached hydrogen (secondary N) is 1. The first-order chi connectivity index (χ1) is 14.5. The third kappa shape index (κ3) is 6.15. The number of nitrogens with zero attached hydrogens (tertiary/aromatic N) is 3. The first-order valence-corrected chi connectivity index (χ1v) is 10.6. The maximum absolute atomic E-state index is 12.5. The predicted molar refractivity (Wildman–Crippen MR) is 115 cm³/mol. The Labute approximate surface area is 179 Å². The standard InChI is InChI=1S/C21H24N4O4S/c1-2-29-21(28)25-12-10-24(11-13-25)19(27)14-17-15-30-20(22-17)23-18(26)9-8-16-6-4-3-5-7-16/h3-9,15H,2,10-14H2,1H3,(H,22,23,26). The lowest BCUT2D eigenvalue weighted by Crippen LogP contribution is -2.51. The highest BCUT2D eigenvalue weighted by Crippen LogP contribution is 2.17. The van der Waals surface area contributed by atoms with Crippen molar-refractivity contribution >= 4 is 40.5 Å². The molecule has 158 valence electrons. The van der Waals surface area contributed by atoms with Crippen molar-refractivity contribution in [3.63, 3.8) is 0 Å². The van der Waals surface area contributed by atoms with Crippen LogP contribution >= 0.6 is 11.3 Å². The highest BCUT2D eigenvalue weighted by atomic mass is 32.1. The zero-order valence-electron chi connectivity index (χ0n) is 16.7. The second-order valence-electron chi connectivity index (χ2n) is 6.62. The predicted octanol–water partition coefficient (Wildman–Crippen LogP) is 2.64. The molecule has 2 aromatic rings. The number of rotatable bonds is 6. The van der Waals surface area contributed by atoms with Crippen LogP contribution in [0.1, 0.15) is 18.2 Å². The molecule has 0 unspecified atom stereocenters. The van der Waals surface area contributed by atoms with Crippen LogP contribution in [0.15, 0.2) is 41.8 Å². The number of thiazole rings is 1. The van der Waals surface area contributed by atoms with Crippen LogP contribution in [0.3, 0.4) is 0 Å². The number of anilines is 1. The maximum Gasteiger partial charge on any atom is 0.409 e. The SMILES string of the molecule is CCOC(=O)N1CCN(C(=O)Cc2csc(NC(=O)C=Cc3ccccc3)n2)CC1. The number of benzene rings is 1. The molecule has 3 amide bonds. The summed E-state index contributed by atoms with van der Waals surface area (Å²) >= 11 is 1.28. The van der Waals surface area contributed by atoms with Gasteiger partial charge in [-0.3, -0.25) is 14.9 Å². The molecule has 1 aliphatic rings. The number of ether oxygens (including phenoxy) is 1. The largest absolute Gasteiger partial charge is 0.450 e. The molecule has 1 aromatic carbocycles. The van der Waals surface area contributed by atoms with Crippen LogP contribution in [0.2, 0.25) is 0 Å². The van der Waals surface area contributed by atoms with Crippen LogP contribution in [0.4, 0.5) is 9.93 Å². The number of hydrogen-bond donors (Lipinski definition) is 1. The topological polar surface area (TPSA) is 91.8 Å². The number of aromatic nitrogens is 1. The quantitative estimate of drug-likeness (QED) is 0.714. The summed E-state index contributed by atoms with van der Waals surface area (Å²) in [6, 6.07) is 9.53. The number of carbonyl (C=O) groups excluding carboxylic acids is 3. The Morgan fingerprint density at radius 2 is 1.83 bits per heavy atom. The van der Waals surface area contributed by atoms with Crippen LogP contribution < -0.4 is 5.32 Å². The molecule has 0 saturated carbocycles. The number of piperazine rings is 1. The van der Waals surface area contributed by atoms with E-state index in [2.05, 4.69) is 10.3 Å². The summed E-state index contributed by atoms with van der Waals surface area (Å²) < 4.78 is 4.99. The summed E-state index contributed by atoms with van der Waals surface area (Å²) in [4.78, 5) is 44.0. The molecule has 0 atom stereocenters. The summed E-state index contributed by atoms with van der Waals surface area (Å²) in [6.07, 6.45) is 2.99. The average Bonchev–Trinajstić information content (AvgIpc) is 3.19. The number of carbonyl (C=O) groups is 3. The smallest absolute Gasteiger partial charge is 0.409 e. The van der Waals surface area contributed by atoms with Crippen LogP contribution in [-0.2, 0) is 20.7 Å². The molecule has 0 bridgehead atoms. The van der Waals surface area contributed by atoms with Gasteiger partial charge in [0.15, 0.2) is 5.13 Å². The van der Waals surface area contributed by atoms with Gasteiger partial charge in [0, 0.05) is 37.6 Å². The van der Waals surface area contributed by atoms with Crippen LogP contribution in [0.25, 0.3) is 6.08 Å². The van der Waals surface area contributed by atoms with Gasteiger partial charge in [0.25, 0.3) is 0 Å². The molecular weight excluding hydrogens is 404 g/mol. The summed E-state index contributed by atoms with van der Waals surface area (Å²) in [5, 5.41) is 4.93. The lowest BCUT2D eigenvalue weighted by molar-refractivity contribution is -0.132. The molecular formula is C21H24N4O4S. The summed E-state index contributed by atoms with van der Waals surface area (Å²) in [5.74, 6) is -0.327. The molecule has 3 rings (SSSR count). The summed E-state index contributed by atoms with van der Waals surface area (Å²) in [7, 11) is 0. The highest BCUT2D eigenvalue weighted by Gasteiger charge is 2.25. The number of amides is 3. The van der Waals surface area contributed by atoms with Crippen molar-refractivity contribution in [1.29, 1.82) is 0 Å². The minimum absolute atomic E-state index is 0.0503. The van der Waals surface area contributed by atoms with Gasteiger partial charge in [0.05, 0.1) is 18.7 Å². The summed E-state index contributed by atoms with van der Waals surface area (Å²) in [6.45, 7) is 3.95. The Morgan fingerprint density at radius 3 is 2.53 bits per heavy atom. The fourth-order valence-electron chi connectivity index (χ4n) is 2.95. The van der Waals surface area contributed by atoms with Gasteiger partial charge in [0.1, 0.15) is 0 Å². The highest BCUT2D eigenvalue weighted by molar-refractivity contribution is 7.14. The molecule has 2 heterocycles. The van der Waals surface area contributed by atoms with Crippen molar-refractivity contribution in [2.45, 2.75) is 13.3 Å². The zero-order valence-corrected chi connectivity index (χ0v) is 17.6. The van der Waals surface area contributed by atoms with Crippen LogP contribution in [0.5, 0.6) is 0 Å². The van der Waals surface area contributed by atoms with Gasteiger partial charge in [-0.1, -0.05) is 30.3 Å². The van der Waals surface area contributed by atoms with E-state index in [0.717, 1.165) is 5.56 Å². The van der Waals surface area contributed by atoms with Gasteiger partial charge in [-0.05, 0) is 18.6 Å². The van der Waals surface area contributed by atoms with Gasteiger partial charge in [-0.25, -0.2) is 9.78 Å². The second-order valence-corrected chi connectivity index (χ2v) is 7.48. The van der Waals surface area contributed by atoms with Crippen LogP contribution in [-0.4, -0.2) is 65.5 Å². The Balaban J connectivity index is 1.46. The van der Waals surface area contributed by atoms with E-state index in [-0.39, 0.29) is 24.3 Å². The van der Waals surface area contributed by atoms with E-state index in [4.69, 9.17) is 4.74 Å². The second kappa shape index (κ2) is 10.5. The van der Waals surface area contributed by atoms with Crippen molar-refractivity contribution < 1.29 is 19.1 Å². The summed E-state index contributed by atoms with van der Waals surface area (Å²) in [5.41, 5.74) is 1.54. The van der Waals surface area contributed by atoms with Crippen molar-refractivity contribution in [3.8, 4) is 0 Å². The molecule has 8 nitrogen and oxygen atoms in total. The van der Waals surface area contributed by atoms with E-state index in [9.17, 15) is 14.4 Å². The molecule has 1 saturated heterocycles. The zero-order chi connectivity index (χ0) is 21.3. The molecule has 1 aromatic heterocycles. The third-order valence-electron chi connectivity index (χ3n) is 4.50. The molecule has 1 N–H and O–H groups in total. The average molecular weight is 429 g/mol. The van der Waals surface area contributed by atoms with Gasteiger partial charge in [0.2, 0.25) is 11.8 Å². The fourth-order valence-corrected chi connectivity index (χ4v) is 3.66. The van der Waals surface area contributed by atoms with E-state index in [0.29, 0.717) is 43.6 Å². The molecule has 1 fully saturated rings. The first kappa shape index (κ1) is 21.5. The Morgan fingerprint density at radius 1 is 1.13 bits per heavy atom. The van der Waals surface area contributed by atoms with E-state index in [1.807, 2.05) is 30.3 Å². The van der Waals surface area contributed by atoms with Gasteiger partial charge < -0.3 is 14.5 Å². The number of hydrogen-bond acceptors (Lipinski definition) is 6. The molecule has 1 aliphatic heterocycles. The van der Waals surface area contributed by atoms with E-state index >= 15 is 0 Å². The van der Waals surface area contributed by atoms with Crippen molar-refractivity contribution in [2.24, 2.45) is 0 Å². The lowest BCUT2D eigenvalue weighted by Gasteiger charge is -2.34. The van der Waals surface area contributed by atoms with Crippen molar-refractivity contribution in [3.05, 3.63) is 53.0 Å². The van der Waals surface area contributed by atoms with Crippen molar-refractivity contribution in [1.82, 2.24) is 14.8 Å². The van der Waals surface area contributed by atoms with E-state index < -0.39 is 0 Å². The van der Waals surface area contributed by atoms with Crippen LogP contribution in [0, 0.1) is 0 Å². The molecule has 0 aliphatic carbocycles. The Kier molecular flexibility index (Phi) is 7.56. The van der Waals surface area contributed by atoms with E-state index in [1.165, 1.54) is 17.4 Å². The normalized spacial score (nSPS) is 14.0. The lowest BCUT2D eigenvalue weighted by atomic mass is 10.2. The fraction of sp³-hybridized carbons (Fsp3) is 0.333. The van der Waals surface area contributed by atoms with Gasteiger partial charge in [-0.15, -0.1) is 11.3 Å². The van der Waals surface area contributed by atoms with Gasteiger partial charge >= 0.3 is 6.09 Å². The monoisotopic (exact) mass is 428 g/mol.